The van der Waals surface area contributed by atoms with Crippen LogP contribution in [0.5, 0.6) is 0 Å². The third kappa shape index (κ3) is 5.43. The number of fused-ring (bicyclic) bond motifs is 3. The summed E-state index contributed by atoms with van der Waals surface area (Å²) in [7, 11) is -0.474. The van der Waals surface area contributed by atoms with Crippen molar-refractivity contribution in [3.8, 4) is 0 Å². The molecular formula is C35H48BN3O4. The summed E-state index contributed by atoms with van der Waals surface area (Å²) >= 11 is 0. The van der Waals surface area contributed by atoms with Crippen LogP contribution in [-0.2, 0) is 25.4 Å². The highest BCUT2D eigenvalue weighted by Crippen LogP contribution is 2.65. The molecule has 1 N–H and O–H groups in total. The van der Waals surface area contributed by atoms with Crippen molar-refractivity contribution in [1.82, 2.24) is 14.9 Å². The zero-order valence-corrected chi connectivity index (χ0v) is 26.9. The molecule has 3 aliphatic carbocycles. The standard InChI is InChI=1S/C35H48BN3O4/c1-21(2)14-23(16-25(40)20-39-28-11-9-8-10-26(28)27-19-37-13-12-29(27)39)33(41)38-32(15-22(3)4)36-42-31-18-24-17-30(34(24,5)6)35(31,7)43-36/h8-13,19,21-24,30-32H,14-18,20H2,1-7H3,(H,38,41)/t23-,24+,30+,31-,32+,35+/m1/s1. The summed E-state index contributed by atoms with van der Waals surface area (Å²) in [5, 5.41) is 5.45. The summed E-state index contributed by atoms with van der Waals surface area (Å²) in [5.74, 6) is 1.07. The molecule has 7 rings (SSSR count). The molecule has 230 valence electrons. The van der Waals surface area contributed by atoms with E-state index in [2.05, 4.69) is 69.4 Å². The number of carbonyl (C=O) groups excluding carboxylic acids is 2. The third-order valence-corrected chi connectivity index (χ3v) is 10.9. The van der Waals surface area contributed by atoms with Gasteiger partial charge in [0.2, 0.25) is 5.91 Å². The van der Waals surface area contributed by atoms with Crippen molar-refractivity contribution in [3.05, 3.63) is 42.7 Å². The zero-order valence-electron chi connectivity index (χ0n) is 26.9. The van der Waals surface area contributed by atoms with Crippen molar-refractivity contribution in [1.29, 1.82) is 0 Å². The fourth-order valence-corrected chi connectivity index (χ4v) is 8.55. The Bertz CT molecular complexity index is 1460. The summed E-state index contributed by atoms with van der Waals surface area (Å²) in [6.07, 6.45) is 7.50. The maximum Gasteiger partial charge on any atom is 0.481 e. The summed E-state index contributed by atoms with van der Waals surface area (Å²) in [5.41, 5.74) is 1.93. The lowest BCUT2D eigenvalue weighted by molar-refractivity contribution is -0.199. The fourth-order valence-electron chi connectivity index (χ4n) is 8.55. The topological polar surface area (TPSA) is 82.5 Å². The van der Waals surface area contributed by atoms with Crippen LogP contribution in [-0.4, -0.2) is 46.0 Å². The van der Waals surface area contributed by atoms with E-state index in [4.69, 9.17) is 9.31 Å². The molecular weight excluding hydrogens is 537 g/mol. The maximum absolute atomic E-state index is 14.0. The Morgan fingerprint density at radius 1 is 1.02 bits per heavy atom. The second-order valence-corrected chi connectivity index (χ2v) is 15.1. The first kappa shape index (κ1) is 30.3. The number of benzene rings is 1. The molecule has 0 unspecified atom stereocenters. The monoisotopic (exact) mass is 585 g/mol. The molecule has 2 bridgehead atoms. The van der Waals surface area contributed by atoms with E-state index in [9.17, 15) is 9.59 Å². The summed E-state index contributed by atoms with van der Waals surface area (Å²) < 4.78 is 15.5. The SMILES string of the molecule is CC(C)C[C@H](CC(=O)Cn1c2ccccc2c2cnccc21)C(=O)N[C@@H](CC(C)C)B1O[C@@H]2C[C@@H]3C[C@@H](C3(C)C)[C@]2(C)O1. The van der Waals surface area contributed by atoms with Gasteiger partial charge in [0, 0.05) is 41.0 Å². The summed E-state index contributed by atoms with van der Waals surface area (Å²) in [6, 6.07) is 10.1. The quantitative estimate of drug-likeness (QED) is 0.256. The number of hydrogen-bond donors (Lipinski definition) is 1. The minimum absolute atomic E-state index is 0.0505. The van der Waals surface area contributed by atoms with Gasteiger partial charge in [-0.1, -0.05) is 59.7 Å². The lowest BCUT2D eigenvalue weighted by atomic mass is 9.43. The lowest BCUT2D eigenvalue weighted by Crippen LogP contribution is -2.65. The molecule has 2 aromatic heterocycles. The molecule has 1 aromatic carbocycles. The molecule has 3 saturated carbocycles. The number of pyridine rings is 1. The Balaban J connectivity index is 1.18. The van der Waals surface area contributed by atoms with Gasteiger partial charge in [0.05, 0.1) is 29.7 Å². The minimum Gasteiger partial charge on any atom is -0.404 e. The van der Waals surface area contributed by atoms with Crippen LogP contribution in [0.25, 0.3) is 21.8 Å². The Kier molecular flexibility index (Phi) is 8.00. The van der Waals surface area contributed by atoms with Gasteiger partial charge in [-0.15, -0.1) is 0 Å². The van der Waals surface area contributed by atoms with Gasteiger partial charge in [-0.25, -0.2) is 0 Å². The Labute approximate surface area is 256 Å². The maximum atomic E-state index is 14.0. The summed E-state index contributed by atoms with van der Waals surface area (Å²) in [6.45, 7) is 15.7. The molecule has 1 aliphatic heterocycles. The first-order chi connectivity index (χ1) is 20.4. The van der Waals surface area contributed by atoms with Gasteiger partial charge in [0.1, 0.15) is 0 Å². The fraction of sp³-hybridized carbons (Fsp3) is 0.629. The van der Waals surface area contributed by atoms with Crippen molar-refractivity contribution < 1.29 is 18.9 Å². The van der Waals surface area contributed by atoms with Crippen LogP contribution in [0.4, 0.5) is 0 Å². The van der Waals surface area contributed by atoms with Gasteiger partial charge in [-0.05, 0) is 73.8 Å². The molecule has 3 aromatic rings. The van der Waals surface area contributed by atoms with Crippen LogP contribution in [0.1, 0.15) is 80.6 Å². The van der Waals surface area contributed by atoms with E-state index >= 15 is 0 Å². The molecule has 4 fully saturated rings. The molecule has 6 atom stereocenters. The zero-order chi connectivity index (χ0) is 30.7. The van der Waals surface area contributed by atoms with Gasteiger partial charge in [-0.3, -0.25) is 14.6 Å². The van der Waals surface area contributed by atoms with E-state index in [1.807, 2.05) is 30.5 Å². The number of Topliss-reactive ketones (excluding diaryl/α,β-unsaturated/α-hetero) is 1. The van der Waals surface area contributed by atoms with Crippen molar-refractivity contribution in [2.45, 2.75) is 105 Å². The van der Waals surface area contributed by atoms with E-state index in [1.165, 1.54) is 6.42 Å². The highest BCUT2D eigenvalue weighted by atomic mass is 16.7. The second kappa shape index (κ2) is 11.3. The number of hydrogen-bond acceptors (Lipinski definition) is 5. The number of amides is 1. The second-order valence-electron chi connectivity index (χ2n) is 15.1. The van der Waals surface area contributed by atoms with Crippen LogP contribution >= 0.6 is 0 Å². The normalized spacial score (nSPS) is 27.4. The molecule has 43 heavy (non-hydrogen) atoms. The van der Waals surface area contributed by atoms with Crippen LogP contribution in [0.15, 0.2) is 42.7 Å². The average molecular weight is 586 g/mol. The third-order valence-electron chi connectivity index (χ3n) is 10.9. The van der Waals surface area contributed by atoms with E-state index in [-0.39, 0.29) is 53.6 Å². The Hall–Kier alpha value is -2.71. The molecule has 8 heteroatoms. The Morgan fingerprint density at radius 3 is 2.47 bits per heavy atom. The van der Waals surface area contributed by atoms with Crippen molar-refractivity contribution >= 4 is 40.6 Å². The van der Waals surface area contributed by atoms with Gasteiger partial charge >= 0.3 is 7.12 Å². The predicted molar refractivity (Wildman–Crippen MR) is 171 cm³/mol. The predicted octanol–water partition coefficient (Wildman–Crippen LogP) is 6.61. The van der Waals surface area contributed by atoms with E-state index < -0.39 is 13.0 Å². The van der Waals surface area contributed by atoms with Crippen molar-refractivity contribution in [3.63, 3.8) is 0 Å². The highest BCUT2D eigenvalue weighted by molar-refractivity contribution is 6.47. The average Bonchev–Trinajstić information content (AvgIpc) is 3.47. The number of rotatable bonds is 11. The Morgan fingerprint density at radius 2 is 1.74 bits per heavy atom. The molecule has 3 heterocycles. The molecule has 0 radical (unpaired) electrons. The smallest absolute Gasteiger partial charge is 0.404 e. The number of carbonyl (C=O) groups is 2. The van der Waals surface area contributed by atoms with Crippen molar-refractivity contribution in [2.24, 2.45) is 35.0 Å². The van der Waals surface area contributed by atoms with Crippen molar-refractivity contribution in [2.75, 3.05) is 0 Å². The van der Waals surface area contributed by atoms with E-state index in [0.717, 1.165) is 34.6 Å². The molecule has 1 saturated heterocycles. The molecule has 1 amide bonds. The van der Waals surface area contributed by atoms with Gasteiger partial charge in [0.25, 0.3) is 0 Å². The van der Waals surface area contributed by atoms with Gasteiger partial charge in [-0.2, -0.15) is 0 Å². The number of nitrogens with zero attached hydrogens (tertiary/aromatic N) is 2. The van der Waals surface area contributed by atoms with Crippen LogP contribution in [0.2, 0.25) is 0 Å². The van der Waals surface area contributed by atoms with Crippen LogP contribution in [0.3, 0.4) is 0 Å². The van der Waals surface area contributed by atoms with Gasteiger partial charge < -0.3 is 19.2 Å². The summed E-state index contributed by atoms with van der Waals surface area (Å²) in [4.78, 5) is 31.9. The van der Waals surface area contributed by atoms with Crippen LogP contribution < -0.4 is 5.32 Å². The number of nitrogens with one attached hydrogen (secondary N) is 1. The van der Waals surface area contributed by atoms with Gasteiger partial charge in [0.15, 0.2) is 5.78 Å². The van der Waals surface area contributed by atoms with E-state index in [0.29, 0.717) is 24.2 Å². The molecule has 7 nitrogen and oxygen atoms in total. The number of aromatic nitrogens is 2. The minimum atomic E-state index is -0.474. The molecule has 4 aliphatic rings. The lowest BCUT2D eigenvalue weighted by Gasteiger charge is -2.64. The number of ketones is 1. The first-order valence-electron chi connectivity index (χ1n) is 16.3. The number of para-hydroxylation sites is 1. The largest absolute Gasteiger partial charge is 0.481 e. The highest BCUT2D eigenvalue weighted by Gasteiger charge is 2.68. The first-order valence-corrected chi connectivity index (χ1v) is 16.3. The molecule has 0 spiro atoms. The van der Waals surface area contributed by atoms with Crippen LogP contribution in [0, 0.1) is 35.0 Å². The van der Waals surface area contributed by atoms with E-state index in [1.54, 1.807) is 6.20 Å².